The Hall–Kier alpha value is -4.59. The van der Waals surface area contributed by atoms with Crippen LogP contribution in [0.5, 0.6) is 0 Å². The van der Waals surface area contributed by atoms with Gasteiger partial charge >= 0.3 is 0 Å². The summed E-state index contributed by atoms with van der Waals surface area (Å²) in [6.45, 7) is 1.38. The maximum atomic E-state index is 11.6. The molecule has 3 aromatic rings. The van der Waals surface area contributed by atoms with Crippen molar-refractivity contribution in [1.82, 2.24) is 0 Å². The molecule has 3 aromatic carbocycles. The van der Waals surface area contributed by atoms with E-state index in [9.17, 15) is 25.0 Å². The van der Waals surface area contributed by atoms with E-state index in [4.69, 9.17) is 0 Å². The molecule has 0 saturated heterocycles. The van der Waals surface area contributed by atoms with Crippen molar-refractivity contribution < 1.29 is 14.6 Å². The van der Waals surface area contributed by atoms with Crippen LogP contribution in [0.25, 0.3) is 24.3 Å². The fourth-order valence-electron chi connectivity index (χ4n) is 3.07. The van der Waals surface area contributed by atoms with Crippen molar-refractivity contribution in [2.24, 2.45) is 0 Å². The van der Waals surface area contributed by atoms with Crippen LogP contribution >= 0.6 is 0 Å². The summed E-state index contributed by atoms with van der Waals surface area (Å²) >= 11 is 0. The molecule has 1 N–H and O–H groups in total. The highest BCUT2D eigenvalue weighted by molar-refractivity contribution is 5.92. The summed E-state index contributed by atoms with van der Waals surface area (Å²) < 4.78 is 0. The molecule has 0 aliphatic rings. The van der Waals surface area contributed by atoms with Gasteiger partial charge in [0.2, 0.25) is 5.91 Å². The number of nitrogens with one attached hydrogen (secondary N) is 1. The Balaban J connectivity index is 2.08. The SMILES string of the molecule is CC(=O)Nc1ccccc1/C=C/c1cc(/C=C/c2ccccc2)c([N+](=O)[O-])cc1[N+](=O)[O-]. The first-order valence-electron chi connectivity index (χ1n) is 9.60. The van der Waals surface area contributed by atoms with Crippen molar-refractivity contribution >= 4 is 47.3 Å². The highest BCUT2D eigenvalue weighted by Crippen LogP contribution is 2.32. The molecule has 1 amide bonds. The predicted molar refractivity (Wildman–Crippen MR) is 125 cm³/mol. The van der Waals surface area contributed by atoms with Gasteiger partial charge in [-0.1, -0.05) is 60.7 Å². The van der Waals surface area contributed by atoms with E-state index in [2.05, 4.69) is 5.32 Å². The van der Waals surface area contributed by atoms with Crippen LogP contribution in [-0.4, -0.2) is 15.8 Å². The van der Waals surface area contributed by atoms with Crippen molar-refractivity contribution in [3.8, 4) is 0 Å². The van der Waals surface area contributed by atoms with Crippen LogP contribution < -0.4 is 5.32 Å². The van der Waals surface area contributed by atoms with Gasteiger partial charge in [-0.2, -0.15) is 0 Å². The molecule has 0 saturated carbocycles. The van der Waals surface area contributed by atoms with Crippen LogP contribution in [0.2, 0.25) is 0 Å². The minimum Gasteiger partial charge on any atom is -0.326 e. The maximum Gasteiger partial charge on any atom is 0.283 e. The lowest BCUT2D eigenvalue weighted by Gasteiger charge is -2.06. The number of anilines is 1. The van der Waals surface area contributed by atoms with Crippen molar-refractivity contribution in [3.63, 3.8) is 0 Å². The van der Waals surface area contributed by atoms with Gasteiger partial charge in [-0.15, -0.1) is 0 Å². The first-order valence-corrected chi connectivity index (χ1v) is 9.60. The maximum absolute atomic E-state index is 11.6. The highest BCUT2D eigenvalue weighted by Gasteiger charge is 2.22. The minimum absolute atomic E-state index is 0.200. The van der Waals surface area contributed by atoms with E-state index >= 15 is 0 Å². The van der Waals surface area contributed by atoms with E-state index in [1.807, 2.05) is 30.3 Å². The van der Waals surface area contributed by atoms with Gasteiger partial charge in [0, 0.05) is 12.6 Å². The highest BCUT2D eigenvalue weighted by atomic mass is 16.6. The van der Waals surface area contributed by atoms with Gasteiger partial charge < -0.3 is 5.32 Å². The summed E-state index contributed by atoms with van der Waals surface area (Å²) in [6.07, 6.45) is 6.38. The van der Waals surface area contributed by atoms with Crippen LogP contribution in [0.3, 0.4) is 0 Å². The van der Waals surface area contributed by atoms with Gasteiger partial charge in [-0.3, -0.25) is 25.0 Å². The van der Waals surface area contributed by atoms with Gasteiger partial charge in [-0.05, 0) is 35.4 Å². The Morgan fingerprint density at radius 2 is 1.28 bits per heavy atom. The fourth-order valence-corrected chi connectivity index (χ4v) is 3.07. The summed E-state index contributed by atoms with van der Waals surface area (Å²) in [4.78, 5) is 33.2. The molecule has 0 fully saturated rings. The zero-order valence-electron chi connectivity index (χ0n) is 17.1. The molecular formula is C24H19N3O5. The largest absolute Gasteiger partial charge is 0.326 e. The standard InChI is InChI=1S/C24H19N3O5/c1-17(28)25-22-10-6-5-9-19(22)13-14-21-15-20(12-11-18-7-3-2-4-8-18)23(26(29)30)16-24(21)27(31)32/h2-16H,1H3,(H,25,28)/b12-11+,14-13+. The third kappa shape index (κ3) is 5.51. The summed E-state index contributed by atoms with van der Waals surface area (Å²) in [5, 5.41) is 25.8. The number of rotatable bonds is 7. The number of nitro groups is 2. The molecule has 0 unspecified atom stereocenters. The molecule has 0 aliphatic heterocycles. The number of nitrogens with zero attached hydrogens (tertiary/aromatic N) is 2. The van der Waals surface area contributed by atoms with Crippen LogP contribution in [0.1, 0.15) is 29.2 Å². The second-order valence-electron chi connectivity index (χ2n) is 6.83. The Morgan fingerprint density at radius 3 is 1.88 bits per heavy atom. The van der Waals surface area contributed by atoms with Crippen molar-refractivity contribution in [2.75, 3.05) is 5.32 Å². The lowest BCUT2D eigenvalue weighted by molar-refractivity contribution is -0.394. The van der Waals surface area contributed by atoms with Gasteiger partial charge in [0.05, 0.1) is 27.0 Å². The molecule has 0 heterocycles. The van der Waals surface area contributed by atoms with Crippen molar-refractivity contribution in [1.29, 1.82) is 0 Å². The number of benzene rings is 3. The first-order chi connectivity index (χ1) is 15.3. The van der Waals surface area contributed by atoms with Gasteiger partial charge in [0.1, 0.15) is 0 Å². The Kier molecular flexibility index (Phi) is 6.87. The zero-order valence-corrected chi connectivity index (χ0v) is 17.1. The molecule has 0 spiro atoms. The summed E-state index contributed by atoms with van der Waals surface area (Å²) in [5.74, 6) is -0.250. The molecule has 160 valence electrons. The molecular weight excluding hydrogens is 410 g/mol. The second-order valence-corrected chi connectivity index (χ2v) is 6.83. The topological polar surface area (TPSA) is 115 Å². The summed E-state index contributed by atoms with van der Waals surface area (Å²) in [5.41, 5.74) is 1.70. The monoisotopic (exact) mass is 429 g/mol. The Bertz CT molecular complexity index is 1230. The van der Waals surface area contributed by atoms with E-state index in [0.717, 1.165) is 11.6 Å². The van der Waals surface area contributed by atoms with Crippen LogP contribution in [0, 0.1) is 20.2 Å². The van der Waals surface area contributed by atoms with Crippen LogP contribution in [0.15, 0.2) is 66.7 Å². The van der Waals surface area contributed by atoms with Crippen LogP contribution in [-0.2, 0) is 4.79 Å². The van der Waals surface area contributed by atoms with Gasteiger partial charge in [-0.25, -0.2) is 0 Å². The Morgan fingerprint density at radius 1 is 0.750 bits per heavy atom. The third-order valence-corrected chi connectivity index (χ3v) is 4.54. The van der Waals surface area contributed by atoms with E-state index in [1.54, 1.807) is 42.5 Å². The van der Waals surface area contributed by atoms with Crippen molar-refractivity contribution in [2.45, 2.75) is 6.92 Å². The first kappa shape index (κ1) is 22.1. The normalized spacial score (nSPS) is 11.0. The molecule has 0 atom stereocenters. The molecule has 32 heavy (non-hydrogen) atoms. The molecule has 0 radical (unpaired) electrons. The van der Waals surface area contributed by atoms with Gasteiger partial charge in [0.25, 0.3) is 11.4 Å². The smallest absolute Gasteiger partial charge is 0.283 e. The van der Waals surface area contributed by atoms with E-state index in [0.29, 0.717) is 11.3 Å². The third-order valence-electron chi connectivity index (χ3n) is 4.54. The average Bonchev–Trinajstić information content (AvgIpc) is 2.77. The van der Waals surface area contributed by atoms with Crippen LogP contribution in [0.4, 0.5) is 17.1 Å². The van der Waals surface area contributed by atoms with Crippen molar-refractivity contribution in [3.05, 3.63) is 109 Å². The molecule has 0 bridgehead atoms. The summed E-state index contributed by atoms with van der Waals surface area (Å²) in [7, 11) is 0. The molecule has 0 aliphatic carbocycles. The van der Waals surface area contributed by atoms with E-state index in [-0.39, 0.29) is 28.4 Å². The average molecular weight is 429 g/mol. The lowest BCUT2D eigenvalue weighted by atomic mass is 10.0. The fraction of sp³-hybridized carbons (Fsp3) is 0.0417. The predicted octanol–water partition coefficient (Wildman–Crippen LogP) is 5.80. The zero-order chi connectivity index (χ0) is 23.1. The molecule has 3 rings (SSSR count). The number of carbonyl (C=O) groups is 1. The number of hydrogen-bond donors (Lipinski definition) is 1. The second kappa shape index (κ2) is 9.94. The number of hydrogen-bond acceptors (Lipinski definition) is 5. The summed E-state index contributed by atoms with van der Waals surface area (Å²) in [6, 6.07) is 18.6. The number of nitro benzene ring substituents is 2. The number of para-hydroxylation sites is 1. The Labute approximate surface area is 183 Å². The quantitative estimate of drug-likeness (QED) is 0.289. The molecule has 8 nitrogen and oxygen atoms in total. The van der Waals surface area contributed by atoms with Gasteiger partial charge in [0.15, 0.2) is 0 Å². The number of carbonyl (C=O) groups excluding carboxylic acids is 1. The molecule has 8 heteroatoms. The number of amides is 1. The lowest BCUT2D eigenvalue weighted by Crippen LogP contribution is -2.06. The minimum atomic E-state index is -0.656. The van der Waals surface area contributed by atoms with E-state index < -0.39 is 9.85 Å². The molecule has 0 aromatic heterocycles. The van der Waals surface area contributed by atoms with E-state index in [1.165, 1.54) is 19.1 Å².